The molecule has 0 radical (unpaired) electrons. The summed E-state index contributed by atoms with van der Waals surface area (Å²) in [6.07, 6.45) is 2.12. The minimum absolute atomic E-state index is 0.163. The zero-order chi connectivity index (χ0) is 13.7. The largest absolute Gasteiger partial charge is 0.310 e. The molecular weight excluding hydrogens is 309 g/mol. The summed E-state index contributed by atoms with van der Waals surface area (Å²) in [6.45, 7) is 5.27. The van der Waals surface area contributed by atoms with Crippen LogP contribution >= 0.6 is 46.6 Å². The minimum Gasteiger partial charge on any atom is -0.310 e. The molecule has 1 N–H and O–H groups in total. The zero-order valence-corrected chi connectivity index (χ0v) is 13.9. The summed E-state index contributed by atoms with van der Waals surface area (Å²) in [7, 11) is 0. The highest BCUT2D eigenvalue weighted by Gasteiger charge is 2.14. The van der Waals surface area contributed by atoms with E-state index in [9.17, 15) is 0 Å². The Morgan fingerprint density at radius 2 is 1.83 bits per heavy atom. The van der Waals surface area contributed by atoms with Crippen molar-refractivity contribution in [2.24, 2.45) is 5.92 Å². The SMILES string of the molecule is CSCC(C)CNC(C)c1ccc(Cl)c(Cl)c1Cl. The summed E-state index contributed by atoms with van der Waals surface area (Å²) in [6, 6.07) is 3.87. The monoisotopic (exact) mass is 325 g/mol. The van der Waals surface area contributed by atoms with Crippen molar-refractivity contribution >= 4 is 46.6 Å². The first-order chi connectivity index (χ1) is 8.47. The standard InChI is InChI=1S/C13H18Cl3NS/c1-8(7-18-3)6-17-9(2)10-4-5-11(14)13(16)12(10)15/h4-5,8-9,17H,6-7H2,1-3H3. The van der Waals surface area contributed by atoms with Crippen LogP contribution in [0.3, 0.4) is 0 Å². The van der Waals surface area contributed by atoms with Gasteiger partial charge in [0.05, 0.1) is 15.1 Å². The van der Waals surface area contributed by atoms with Crippen LogP contribution in [0.2, 0.25) is 15.1 Å². The lowest BCUT2D eigenvalue weighted by Gasteiger charge is -2.19. The molecule has 0 aliphatic carbocycles. The molecule has 1 rings (SSSR count). The second kappa shape index (κ2) is 7.86. The van der Waals surface area contributed by atoms with E-state index in [0.717, 1.165) is 17.9 Å². The number of halogens is 3. The Hall–Kier alpha value is 0.400. The van der Waals surface area contributed by atoms with Gasteiger partial charge in [-0.05, 0) is 43.0 Å². The van der Waals surface area contributed by atoms with Crippen LogP contribution in [0.25, 0.3) is 0 Å². The Morgan fingerprint density at radius 1 is 1.17 bits per heavy atom. The number of thioether (sulfide) groups is 1. The highest BCUT2D eigenvalue weighted by molar-refractivity contribution is 7.98. The molecule has 0 aliphatic heterocycles. The molecule has 2 unspecified atom stereocenters. The van der Waals surface area contributed by atoms with Gasteiger partial charge in [0.15, 0.2) is 0 Å². The van der Waals surface area contributed by atoms with Gasteiger partial charge in [-0.3, -0.25) is 0 Å². The molecule has 0 amide bonds. The van der Waals surface area contributed by atoms with E-state index in [-0.39, 0.29) is 6.04 Å². The number of benzene rings is 1. The van der Waals surface area contributed by atoms with Crippen LogP contribution < -0.4 is 5.32 Å². The fourth-order valence-electron chi connectivity index (χ4n) is 1.71. The quantitative estimate of drug-likeness (QED) is 0.712. The molecule has 18 heavy (non-hydrogen) atoms. The number of nitrogens with one attached hydrogen (secondary N) is 1. The first-order valence-electron chi connectivity index (χ1n) is 5.83. The van der Waals surface area contributed by atoms with Crippen LogP contribution in [-0.4, -0.2) is 18.6 Å². The van der Waals surface area contributed by atoms with Gasteiger partial charge >= 0.3 is 0 Å². The van der Waals surface area contributed by atoms with Gasteiger partial charge in [0.25, 0.3) is 0 Å². The lowest BCUT2D eigenvalue weighted by Crippen LogP contribution is -2.25. The fourth-order valence-corrected chi connectivity index (χ4v) is 3.10. The second-order valence-electron chi connectivity index (χ2n) is 4.46. The summed E-state index contributed by atoms with van der Waals surface area (Å²) in [5, 5.41) is 4.94. The fraction of sp³-hybridized carbons (Fsp3) is 0.538. The predicted molar refractivity (Wildman–Crippen MR) is 85.4 cm³/mol. The van der Waals surface area contributed by atoms with Crippen molar-refractivity contribution in [2.75, 3.05) is 18.6 Å². The molecule has 0 saturated carbocycles. The van der Waals surface area contributed by atoms with E-state index in [2.05, 4.69) is 25.4 Å². The Labute approximate surface area is 129 Å². The number of hydrogen-bond donors (Lipinski definition) is 1. The van der Waals surface area contributed by atoms with Crippen molar-refractivity contribution in [2.45, 2.75) is 19.9 Å². The van der Waals surface area contributed by atoms with Gasteiger partial charge < -0.3 is 5.32 Å². The van der Waals surface area contributed by atoms with Crippen LogP contribution in [-0.2, 0) is 0 Å². The molecule has 5 heteroatoms. The highest BCUT2D eigenvalue weighted by atomic mass is 35.5. The zero-order valence-electron chi connectivity index (χ0n) is 10.8. The maximum Gasteiger partial charge on any atom is 0.0781 e. The molecule has 0 spiro atoms. The number of rotatable bonds is 6. The molecule has 1 aromatic carbocycles. The molecule has 0 fully saturated rings. The number of hydrogen-bond acceptors (Lipinski definition) is 2. The topological polar surface area (TPSA) is 12.0 Å². The van der Waals surface area contributed by atoms with Gasteiger partial charge in [0, 0.05) is 6.04 Å². The van der Waals surface area contributed by atoms with Crippen LogP contribution in [0.1, 0.15) is 25.5 Å². The highest BCUT2D eigenvalue weighted by Crippen LogP contribution is 2.35. The van der Waals surface area contributed by atoms with Gasteiger partial charge in [0.1, 0.15) is 0 Å². The van der Waals surface area contributed by atoms with Gasteiger partial charge in [-0.2, -0.15) is 11.8 Å². The van der Waals surface area contributed by atoms with Gasteiger partial charge in [-0.15, -0.1) is 0 Å². The van der Waals surface area contributed by atoms with Gasteiger partial charge in [0.2, 0.25) is 0 Å². The molecule has 102 valence electrons. The first kappa shape index (κ1) is 16.5. The van der Waals surface area contributed by atoms with Crippen molar-refractivity contribution in [3.05, 3.63) is 32.8 Å². The van der Waals surface area contributed by atoms with Crippen LogP contribution in [0.5, 0.6) is 0 Å². The summed E-state index contributed by atoms with van der Waals surface area (Å²) < 4.78 is 0. The first-order valence-corrected chi connectivity index (χ1v) is 8.35. The van der Waals surface area contributed by atoms with E-state index >= 15 is 0 Å². The average Bonchev–Trinajstić information content (AvgIpc) is 2.34. The normalized spacial score (nSPS) is 14.6. The van der Waals surface area contributed by atoms with Crippen LogP contribution in [0, 0.1) is 5.92 Å². The Morgan fingerprint density at radius 3 is 2.44 bits per heavy atom. The van der Waals surface area contributed by atoms with E-state index in [0.29, 0.717) is 21.0 Å². The summed E-state index contributed by atoms with van der Waals surface area (Å²) in [5.74, 6) is 1.78. The lowest BCUT2D eigenvalue weighted by molar-refractivity contribution is 0.501. The third kappa shape index (κ3) is 4.50. The summed E-state index contributed by atoms with van der Waals surface area (Å²) in [4.78, 5) is 0. The van der Waals surface area contributed by atoms with Crippen molar-refractivity contribution in [3.63, 3.8) is 0 Å². The minimum atomic E-state index is 0.163. The Bertz CT molecular complexity index is 398. The molecule has 1 aromatic rings. The van der Waals surface area contributed by atoms with E-state index in [1.54, 1.807) is 6.07 Å². The van der Waals surface area contributed by atoms with Gasteiger partial charge in [-0.1, -0.05) is 47.8 Å². The van der Waals surface area contributed by atoms with Crippen molar-refractivity contribution in [3.8, 4) is 0 Å². The van der Waals surface area contributed by atoms with E-state index < -0.39 is 0 Å². The summed E-state index contributed by atoms with van der Waals surface area (Å²) in [5.41, 5.74) is 0.988. The molecule has 0 saturated heterocycles. The molecule has 0 aliphatic rings. The third-order valence-electron chi connectivity index (χ3n) is 2.76. The van der Waals surface area contributed by atoms with E-state index in [1.165, 1.54) is 0 Å². The predicted octanol–water partition coefficient (Wildman–Crippen LogP) is 5.30. The third-order valence-corrected chi connectivity index (χ3v) is 4.97. The maximum absolute atomic E-state index is 6.21. The molecular formula is C13H18Cl3NS. The van der Waals surface area contributed by atoms with Crippen LogP contribution in [0.15, 0.2) is 12.1 Å². The van der Waals surface area contributed by atoms with Crippen molar-refractivity contribution < 1.29 is 0 Å². The van der Waals surface area contributed by atoms with E-state index in [4.69, 9.17) is 34.8 Å². The molecule has 2 atom stereocenters. The summed E-state index contributed by atoms with van der Waals surface area (Å²) >= 11 is 20.0. The average molecular weight is 327 g/mol. The lowest BCUT2D eigenvalue weighted by atomic mass is 10.1. The van der Waals surface area contributed by atoms with Crippen LogP contribution in [0.4, 0.5) is 0 Å². The smallest absolute Gasteiger partial charge is 0.0781 e. The van der Waals surface area contributed by atoms with E-state index in [1.807, 2.05) is 17.8 Å². The van der Waals surface area contributed by atoms with Crippen molar-refractivity contribution in [1.82, 2.24) is 5.32 Å². The molecule has 0 bridgehead atoms. The molecule has 0 aromatic heterocycles. The molecule has 0 heterocycles. The Balaban J connectivity index is 2.67. The second-order valence-corrected chi connectivity index (χ2v) is 6.53. The van der Waals surface area contributed by atoms with Crippen molar-refractivity contribution in [1.29, 1.82) is 0 Å². The Kier molecular flexibility index (Phi) is 7.19. The molecule has 1 nitrogen and oxygen atoms in total. The van der Waals surface area contributed by atoms with Gasteiger partial charge in [-0.25, -0.2) is 0 Å². The maximum atomic E-state index is 6.21.